The van der Waals surface area contributed by atoms with Gasteiger partial charge in [-0.25, -0.2) is 0 Å². The molecule has 1 aliphatic heterocycles. The molecular weight excluding hydrogens is 708 g/mol. The molecule has 8 nitrogen and oxygen atoms in total. The van der Waals surface area contributed by atoms with E-state index in [4.69, 9.17) is 0 Å². The maximum atomic E-state index is 13.7. The molecule has 230 valence electrons. The lowest BCUT2D eigenvalue weighted by molar-refractivity contribution is 0.0830. The number of halogens is 3. The van der Waals surface area contributed by atoms with E-state index in [1.165, 1.54) is 0 Å². The van der Waals surface area contributed by atoms with E-state index in [1.54, 1.807) is 16.4 Å². The Balaban J connectivity index is 0.00000484. The monoisotopic (exact) mass is 744 g/mol. The molecule has 3 aromatic carbocycles. The van der Waals surface area contributed by atoms with Gasteiger partial charge in [0.25, 0.3) is 5.91 Å². The van der Waals surface area contributed by atoms with Gasteiger partial charge in [-0.15, -0.1) is 23.2 Å². The van der Waals surface area contributed by atoms with Crippen LogP contribution in [0, 0.1) is 0 Å². The van der Waals surface area contributed by atoms with Crippen molar-refractivity contribution in [1.82, 2.24) is 10.6 Å². The highest BCUT2D eigenvalue weighted by molar-refractivity contribution is 9.11. The largest absolute Gasteiger partial charge is 0.390 e. The van der Waals surface area contributed by atoms with Crippen LogP contribution in [0.5, 0.6) is 0 Å². The van der Waals surface area contributed by atoms with E-state index >= 15 is 0 Å². The first-order chi connectivity index (χ1) is 19.6. The van der Waals surface area contributed by atoms with Crippen LogP contribution >= 0.6 is 55.0 Å². The molecule has 0 saturated carbocycles. The van der Waals surface area contributed by atoms with Crippen LogP contribution in [0.4, 0.5) is 11.4 Å². The number of aliphatic hydroxyl groups is 1. The number of carbonyl (C=O) groups excluding carboxylic acids is 1. The van der Waals surface area contributed by atoms with Gasteiger partial charge in [-0.05, 0) is 73.7 Å². The van der Waals surface area contributed by atoms with Crippen molar-refractivity contribution in [3.05, 3.63) is 92.4 Å². The molecule has 12 heteroatoms. The summed E-state index contributed by atoms with van der Waals surface area (Å²) in [5.41, 5.74) is 3.75. The van der Waals surface area contributed by atoms with Crippen molar-refractivity contribution in [3.63, 3.8) is 0 Å². The van der Waals surface area contributed by atoms with Gasteiger partial charge in [-0.3, -0.25) is 18.2 Å². The standard InChI is InChI=1S/C30H38Br2N4O4S.ClH/c1-2-34-26-15-23(16-27(18-26)36-10-6-7-11-41(36,39)40)30(38)35-28(14-21-8-4-3-5-9-21)29(37)20-33-19-22-12-24(31)17-25(32)13-22;/h3-5,8-9,12-13,15-18,28-29,33-34,37,39-40H,2,6-7,10-11,14,19-20H2,1H3,(H,35,38);1H/t28-,29+;/m0./s1. The first-order valence-corrected chi connectivity index (χ1v) is 17.0. The van der Waals surface area contributed by atoms with Crippen molar-refractivity contribution < 1.29 is 19.0 Å². The van der Waals surface area contributed by atoms with E-state index < -0.39 is 22.9 Å². The van der Waals surface area contributed by atoms with Crippen molar-refractivity contribution in [1.29, 1.82) is 0 Å². The molecule has 1 amide bonds. The quantitative estimate of drug-likeness (QED) is 0.121. The van der Waals surface area contributed by atoms with Crippen molar-refractivity contribution in [2.24, 2.45) is 0 Å². The lowest BCUT2D eigenvalue weighted by Gasteiger charge is -2.47. The van der Waals surface area contributed by atoms with Gasteiger partial charge in [0.2, 0.25) is 0 Å². The van der Waals surface area contributed by atoms with Gasteiger partial charge in [0.1, 0.15) is 0 Å². The van der Waals surface area contributed by atoms with E-state index in [0.29, 0.717) is 43.1 Å². The van der Waals surface area contributed by atoms with Crippen LogP contribution in [0.2, 0.25) is 0 Å². The molecular formula is C30H39Br2ClN4O4S. The lowest BCUT2D eigenvalue weighted by Crippen LogP contribution is -2.48. The maximum absolute atomic E-state index is 13.7. The number of hydrogen-bond acceptors (Lipinski definition) is 7. The number of aliphatic hydroxyl groups excluding tert-OH is 1. The van der Waals surface area contributed by atoms with Crippen molar-refractivity contribution in [3.8, 4) is 0 Å². The minimum atomic E-state index is -2.95. The zero-order chi connectivity index (χ0) is 29.4. The van der Waals surface area contributed by atoms with Crippen LogP contribution in [0.25, 0.3) is 0 Å². The van der Waals surface area contributed by atoms with Crippen LogP contribution in [-0.4, -0.2) is 57.7 Å². The zero-order valence-electron chi connectivity index (χ0n) is 23.4. The fourth-order valence-corrected chi connectivity index (χ4v) is 7.99. The molecule has 0 unspecified atom stereocenters. The van der Waals surface area contributed by atoms with E-state index in [0.717, 1.165) is 38.6 Å². The Bertz CT molecular complexity index is 1300. The summed E-state index contributed by atoms with van der Waals surface area (Å²) in [5, 5.41) is 20.9. The Hall–Kier alpha value is -1.83. The molecule has 0 spiro atoms. The van der Waals surface area contributed by atoms with E-state index in [2.05, 4.69) is 47.8 Å². The maximum Gasteiger partial charge on any atom is 0.251 e. The number of anilines is 2. The highest BCUT2D eigenvalue weighted by Gasteiger charge is 2.28. The number of benzene rings is 3. The number of nitrogens with zero attached hydrogens (tertiary/aromatic N) is 1. The number of amides is 1. The Labute approximate surface area is 272 Å². The predicted molar refractivity (Wildman–Crippen MR) is 183 cm³/mol. The third-order valence-corrected chi connectivity index (χ3v) is 9.77. The third kappa shape index (κ3) is 9.85. The third-order valence-electron chi connectivity index (χ3n) is 6.92. The Kier molecular flexibility index (Phi) is 13.5. The van der Waals surface area contributed by atoms with Gasteiger partial charge in [-0.2, -0.15) is 0 Å². The molecule has 1 saturated heterocycles. The summed E-state index contributed by atoms with van der Waals surface area (Å²) in [5.74, 6) is -0.0229. The summed E-state index contributed by atoms with van der Waals surface area (Å²) in [6.07, 6.45) is 1.19. The smallest absolute Gasteiger partial charge is 0.251 e. The normalized spacial score (nSPS) is 16.6. The van der Waals surface area contributed by atoms with Crippen LogP contribution in [0.3, 0.4) is 0 Å². The zero-order valence-corrected chi connectivity index (χ0v) is 28.2. The Morgan fingerprint density at radius 3 is 2.38 bits per heavy atom. The van der Waals surface area contributed by atoms with Gasteiger partial charge in [0, 0.05) is 46.4 Å². The summed E-state index contributed by atoms with van der Waals surface area (Å²) < 4.78 is 25.0. The molecule has 1 heterocycles. The van der Waals surface area contributed by atoms with E-state index in [1.807, 2.05) is 61.5 Å². The molecule has 0 aliphatic carbocycles. The van der Waals surface area contributed by atoms with Gasteiger partial charge >= 0.3 is 0 Å². The molecule has 0 aromatic heterocycles. The fraction of sp³-hybridized carbons (Fsp3) is 0.367. The van der Waals surface area contributed by atoms with Gasteiger partial charge in [0.05, 0.1) is 23.6 Å². The fourth-order valence-electron chi connectivity index (χ4n) is 4.92. The Morgan fingerprint density at radius 2 is 1.71 bits per heavy atom. The molecule has 1 fully saturated rings. The topological polar surface area (TPSA) is 117 Å². The second kappa shape index (κ2) is 16.3. The summed E-state index contributed by atoms with van der Waals surface area (Å²) in [6.45, 7) is 3.95. The molecule has 4 rings (SSSR count). The average molecular weight is 747 g/mol. The van der Waals surface area contributed by atoms with Crippen molar-refractivity contribution >= 4 is 72.3 Å². The minimum absolute atomic E-state index is 0. The van der Waals surface area contributed by atoms with Gasteiger partial charge < -0.3 is 21.1 Å². The summed E-state index contributed by atoms with van der Waals surface area (Å²) in [6, 6.07) is 20.5. The molecule has 2 atom stereocenters. The highest BCUT2D eigenvalue weighted by Crippen LogP contribution is 2.50. The second-order valence-corrected chi connectivity index (χ2v) is 14.1. The van der Waals surface area contributed by atoms with Crippen LogP contribution in [0.1, 0.15) is 41.3 Å². The number of hydrogen-bond donors (Lipinski definition) is 6. The average Bonchev–Trinajstić information content (AvgIpc) is 2.92. The van der Waals surface area contributed by atoms with E-state index in [9.17, 15) is 19.0 Å². The number of nitrogens with one attached hydrogen (secondary N) is 3. The molecule has 0 bridgehead atoms. The summed E-state index contributed by atoms with van der Waals surface area (Å²) >= 11 is 7.01. The first kappa shape index (κ1) is 34.7. The molecule has 6 N–H and O–H groups in total. The highest BCUT2D eigenvalue weighted by atomic mass is 79.9. The summed E-state index contributed by atoms with van der Waals surface area (Å²) in [7, 11) is -2.95. The first-order valence-electron chi connectivity index (χ1n) is 13.8. The summed E-state index contributed by atoms with van der Waals surface area (Å²) in [4.78, 5) is 13.7. The van der Waals surface area contributed by atoms with Crippen molar-refractivity contribution in [2.75, 3.05) is 35.0 Å². The van der Waals surface area contributed by atoms with E-state index in [-0.39, 0.29) is 24.9 Å². The molecule has 42 heavy (non-hydrogen) atoms. The number of carbonyl (C=O) groups is 1. The Morgan fingerprint density at radius 1 is 1.00 bits per heavy atom. The van der Waals surface area contributed by atoms with Crippen LogP contribution in [-0.2, 0) is 13.0 Å². The van der Waals surface area contributed by atoms with Gasteiger partial charge in [-0.1, -0.05) is 62.2 Å². The second-order valence-electron chi connectivity index (χ2n) is 10.2. The van der Waals surface area contributed by atoms with Gasteiger partial charge in [0.15, 0.2) is 0 Å². The molecule has 0 radical (unpaired) electrons. The predicted octanol–water partition coefficient (Wildman–Crippen LogP) is 6.82. The SMILES string of the molecule is CCNc1cc(C(=O)N[C@@H](Cc2ccccc2)[C@H](O)CNCc2cc(Br)cc(Br)c2)cc(N2CCCCS2(O)O)c1.Cl. The lowest BCUT2D eigenvalue weighted by atomic mass is 10.00. The minimum Gasteiger partial charge on any atom is -0.390 e. The van der Waals surface area contributed by atoms with Crippen molar-refractivity contribution in [2.45, 2.75) is 44.9 Å². The van der Waals surface area contributed by atoms with Crippen LogP contribution in [0.15, 0.2) is 75.7 Å². The molecule has 3 aromatic rings. The number of rotatable bonds is 12. The van der Waals surface area contributed by atoms with Crippen LogP contribution < -0.4 is 20.3 Å². The molecule has 1 aliphatic rings.